The molecule has 0 atom stereocenters. The van der Waals surface area contributed by atoms with Crippen LogP contribution in [0.1, 0.15) is 0 Å². The molecule has 0 unspecified atom stereocenters. The number of benzene rings is 4. The van der Waals surface area contributed by atoms with Gasteiger partial charge in [-0.25, -0.2) is 4.98 Å². The van der Waals surface area contributed by atoms with E-state index < -0.39 is 0 Å². The van der Waals surface area contributed by atoms with Crippen LogP contribution in [-0.4, -0.2) is 14.1 Å². The maximum atomic E-state index is 4.63. The Morgan fingerprint density at radius 1 is 0.438 bits per heavy atom. The Hall–Kier alpha value is -4.37. The van der Waals surface area contributed by atoms with Gasteiger partial charge in [0, 0.05) is 33.4 Å². The normalized spacial score (nSPS) is 11.8. The summed E-state index contributed by atoms with van der Waals surface area (Å²) in [6.07, 6.45) is 1.85. The molecule has 0 radical (unpaired) electrons. The lowest BCUT2D eigenvalue weighted by Gasteiger charge is -2.09. The monoisotopic (exact) mass is 409 g/mol. The molecule has 0 amide bonds. The number of pyridine rings is 1. The standard InChI is InChI=1S/C29H19N3/c1-4-12-25-21(9-1)22-10-2-5-13-26(22)31(25)20-16-17-28-24(19-20)23-11-3-6-14-27(23)32(28)29-15-7-8-18-30-29/h1-19H. The summed E-state index contributed by atoms with van der Waals surface area (Å²) >= 11 is 0. The van der Waals surface area contributed by atoms with Crippen molar-refractivity contribution in [3.05, 3.63) is 115 Å². The molecule has 0 aliphatic heterocycles. The van der Waals surface area contributed by atoms with Crippen molar-refractivity contribution < 1.29 is 0 Å². The van der Waals surface area contributed by atoms with E-state index in [1.807, 2.05) is 18.3 Å². The fourth-order valence-corrected chi connectivity index (χ4v) is 5.03. The SMILES string of the molecule is c1ccc(-n2c3ccccc3c3cc(-n4c5ccccc5c5ccccc54)ccc32)nc1. The highest BCUT2D eigenvalue weighted by atomic mass is 15.1. The van der Waals surface area contributed by atoms with Crippen molar-refractivity contribution in [2.24, 2.45) is 0 Å². The molecule has 3 heteroatoms. The van der Waals surface area contributed by atoms with Crippen molar-refractivity contribution in [1.82, 2.24) is 14.1 Å². The Labute approximate surface area is 184 Å². The maximum Gasteiger partial charge on any atom is 0.137 e. The van der Waals surface area contributed by atoms with Gasteiger partial charge in [0.05, 0.1) is 22.1 Å². The van der Waals surface area contributed by atoms with Crippen LogP contribution in [0.3, 0.4) is 0 Å². The van der Waals surface area contributed by atoms with E-state index >= 15 is 0 Å². The zero-order valence-electron chi connectivity index (χ0n) is 17.3. The molecular weight excluding hydrogens is 390 g/mol. The summed E-state index contributed by atoms with van der Waals surface area (Å²) in [5, 5.41) is 5.01. The minimum absolute atomic E-state index is 0.934. The quantitative estimate of drug-likeness (QED) is 0.294. The topological polar surface area (TPSA) is 22.8 Å². The number of para-hydroxylation sites is 3. The van der Waals surface area contributed by atoms with Gasteiger partial charge in [0.2, 0.25) is 0 Å². The summed E-state index contributed by atoms with van der Waals surface area (Å²) in [6, 6.07) is 38.7. The van der Waals surface area contributed by atoms with E-state index in [0.717, 1.165) is 11.3 Å². The van der Waals surface area contributed by atoms with Crippen molar-refractivity contribution in [3.8, 4) is 11.5 Å². The molecule has 7 aromatic rings. The first-order valence-electron chi connectivity index (χ1n) is 10.8. The fraction of sp³-hybridized carbons (Fsp3) is 0. The fourth-order valence-electron chi connectivity index (χ4n) is 5.03. The summed E-state index contributed by atoms with van der Waals surface area (Å²) in [6.45, 7) is 0. The Kier molecular flexibility index (Phi) is 3.55. The smallest absolute Gasteiger partial charge is 0.137 e. The Balaban J connectivity index is 1.59. The molecular formula is C29H19N3. The second-order valence-corrected chi connectivity index (χ2v) is 8.11. The molecule has 0 aliphatic rings. The molecule has 3 heterocycles. The van der Waals surface area contributed by atoms with Crippen LogP contribution in [0.5, 0.6) is 0 Å². The Morgan fingerprint density at radius 2 is 0.969 bits per heavy atom. The van der Waals surface area contributed by atoms with Crippen molar-refractivity contribution in [3.63, 3.8) is 0 Å². The lowest BCUT2D eigenvalue weighted by atomic mass is 10.1. The zero-order valence-corrected chi connectivity index (χ0v) is 17.3. The van der Waals surface area contributed by atoms with Gasteiger partial charge in [0.25, 0.3) is 0 Å². The highest BCUT2D eigenvalue weighted by Gasteiger charge is 2.16. The minimum Gasteiger partial charge on any atom is -0.309 e. The van der Waals surface area contributed by atoms with Crippen molar-refractivity contribution in [2.75, 3.05) is 0 Å². The lowest BCUT2D eigenvalue weighted by molar-refractivity contribution is 1.08. The van der Waals surface area contributed by atoms with Crippen LogP contribution in [0.15, 0.2) is 115 Å². The Bertz CT molecular complexity index is 1720. The summed E-state index contributed by atoms with van der Waals surface area (Å²) < 4.78 is 4.62. The summed E-state index contributed by atoms with van der Waals surface area (Å²) in [5.74, 6) is 0.934. The Morgan fingerprint density at radius 3 is 1.59 bits per heavy atom. The van der Waals surface area contributed by atoms with Crippen LogP contribution in [0, 0.1) is 0 Å². The highest BCUT2D eigenvalue weighted by Crippen LogP contribution is 2.36. The number of aromatic nitrogens is 3. The van der Waals surface area contributed by atoms with Crippen LogP contribution in [-0.2, 0) is 0 Å². The predicted octanol–water partition coefficient (Wildman–Crippen LogP) is 7.28. The summed E-state index contributed by atoms with van der Waals surface area (Å²) in [7, 11) is 0. The number of rotatable bonds is 2. The first-order valence-corrected chi connectivity index (χ1v) is 10.8. The first kappa shape index (κ1) is 17.3. The second kappa shape index (κ2) is 6.56. The van der Waals surface area contributed by atoms with Gasteiger partial charge in [-0.3, -0.25) is 4.57 Å². The van der Waals surface area contributed by atoms with Crippen molar-refractivity contribution in [1.29, 1.82) is 0 Å². The molecule has 0 spiro atoms. The number of nitrogens with zero attached hydrogens (tertiary/aromatic N) is 3. The lowest BCUT2D eigenvalue weighted by Crippen LogP contribution is -1.97. The largest absolute Gasteiger partial charge is 0.309 e. The van der Waals surface area contributed by atoms with E-state index in [2.05, 4.69) is 111 Å². The van der Waals surface area contributed by atoms with Crippen LogP contribution >= 0.6 is 0 Å². The minimum atomic E-state index is 0.934. The molecule has 0 saturated carbocycles. The molecule has 3 aromatic heterocycles. The summed E-state index contributed by atoms with van der Waals surface area (Å²) in [5.41, 5.74) is 5.94. The average molecular weight is 409 g/mol. The molecule has 0 aliphatic carbocycles. The number of hydrogen-bond acceptors (Lipinski definition) is 1. The van der Waals surface area contributed by atoms with E-state index in [1.165, 1.54) is 43.8 Å². The molecule has 32 heavy (non-hydrogen) atoms. The third kappa shape index (κ3) is 2.33. The van der Waals surface area contributed by atoms with Gasteiger partial charge in [0.15, 0.2) is 0 Å². The van der Waals surface area contributed by atoms with Gasteiger partial charge in [0.1, 0.15) is 5.82 Å². The molecule has 3 nitrogen and oxygen atoms in total. The molecule has 0 N–H and O–H groups in total. The number of hydrogen-bond donors (Lipinski definition) is 0. The summed E-state index contributed by atoms with van der Waals surface area (Å²) in [4.78, 5) is 4.63. The van der Waals surface area contributed by atoms with E-state index in [1.54, 1.807) is 0 Å². The van der Waals surface area contributed by atoms with Crippen LogP contribution in [0.4, 0.5) is 0 Å². The van der Waals surface area contributed by atoms with E-state index in [9.17, 15) is 0 Å². The predicted molar refractivity (Wildman–Crippen MR) is 133 cm³/mol. The van der Waals surface area contributed by atoms with Gasteiger partial charge in [-0.1, -0.05) is 60.7 Å². The third-order valence-electron chi connectivity index (χ3n) is 6.37. The third-order valence-corrected chi connectivity index (χ3v) is 6.37. The van der Waals surface area contributed by atoms with E-state index in [-0.39, 0.29) is 0 Å². The van der Waals surface area contributed by atoms with Gasteiger partial charge >= 0.3 is 0 Å². The molecule has 0 fully saturated rings. The van der Waals surface area contributed by atoms with Gasteiger partial charge in [-0.2, -0.15) is 0 Å². The second-order valence-electron chi connectivity index (χ2n) is 8.11. The molecule has 150 valence electrons. The van der Waals surface area contributed by atoms with Gasteiger partial charge in [-0.05, 0) is 48.5 Å². The maximum absolute atomic E-state index is 4.63. The molecule has 7 rings (SSSR count). The first-order chi connectivity index (χ1) is 15.9. The van der Waals surface area contributed by atoms with Crippen molar-refractivity contribution >= 4 is 43.6 Å². The van der Waals surface area contributed by atoms with Crippen LogP contribution in [0.25, 0.3) is 55.1 Å². The molecule has 0 saturated heterocycles. The van der Waals surface area contributed by atoms with Crippen LogP contribution < -0.4 is 0 Å². The highest BCUT2D eigenvalue weighted by molar-refractivity contribution is 6.12. The average Bonchev–Trinajstić information content (AvgIpc) is 3.37. The zero-order chi connectivity index (χ0) is 21.1. The van der Waals surface area contributed by atoms with Crippen LogP contribution in [0.2, 0.25) is 0 Å². The molecule has 0 bridgehead atoms. The van der Waals surface area contributed by atoms with Gasteiger partial charge < -0.3 is 4.57 Å². The van der Waals surface area contributed by atoms with Crippen molar-refractivity contribution in [2.45, 2.75) is 0 Å². The van der Waals surface area contributed by atoms with E-state index in [4.69, 9.17) is 0 Å². The van der Waals surface area contributed by atoms with Gasteiger partial charge in [-0.15, -0.1) is 0 Å². The number of fused-ring (bicyclic) bond motifs is 6. The van der Waals surface area contributed by atoms with E-state index in [0.29, 0.717) is 0 Å². The molecule has 4 aromatic carbocycles.